The SMILES string of the molecule is COc1ccc(S(=O)(=O)N2CCCC(C(=O)NC(C)c3ccc(C)cc3)C2)cc1. The average molecular weight is 417 g/mol. The number of nitrogens with zero attached hydrogens (tertiary/aromatic N) is 1. The number of carbonyl (C=O) groups excluding carboxylic acids is 1. The van der Waals surface area contributed by atoms with E-state index >= 15 is 0 Å². The van der Waals surface area contributed by atoms with Gasteiger partial charge in [-0.1, -0.05) is 29.8 Å². The molecule has 0 aromatic heterocycles. The van der Waals surface area contributed by atoms with Gasteiger partial charge in [0.25, 0.3) is 0 Å². The number of rotatable bonds is 6. The Hall–Kier alpha value is -2.38. The highest BCUT2D eigenvalue weighted by molar-refractivity contribution is 7.89. The maximum atomic E-state index is 13.0. The molecular formula is C22H28N2O4S. The summed E-state index contributed by atoms with van der Waals surface area (Å²) in [5.41, 5.74) is 2.20. The zero-order valence-electron chi connectivity index (χ0n) is 17.1. The Balaban J connectivity index is 1.67. The van der Waals surface area contributed by atoms with E-state index in [0.29, 0.717) is 25.1 Å². The first-order chi connectivity index (χ1) is 13.8. The van der Waals surface area contributed by atoms with Crippen molar-refractivity contribution in [3.05, 3.63) is 59.7 Å². The van der Waals surface area contributed by atoms with Gasteiger partial charge in [-0.25, -0.2) is 8.42 Å². The van der Waals surface area contributed by atoms with Crippen LogP contribution in [0.1, 0.15) is 36.9 Å². The highest BCUT2D eigenvalue weighted by Gasteiger charge is 2.33. The molecule has 0 spiro atoms. The second kappa shape index (κ2) is 8.97. The van der Waals surface area contributed by atoms with Crippen molar-refractivity contribution in [2.24, 2.45) is 5.92 Å². The van der Waals surface area contributed by atoms with E-state index in [1.165, 1.54) is 29.1 Å². The van der Waals surface area contributed by atoms with Crippen molar-refractivity contribution in [1.29, 1.82) is 0 Å². The van der Waals surface area contributed by atoms with Gasteiger partial charge in [0.1, 0.15) is 5.75 Å². The first-order valence-corrected chi connectivity index (χ1v) is 11.3. The van der Waals surface area contributed by atoms with Crippen LogP contribution in [0.15, 0.2) is 53.4 Å². The van der Waals surface area contributed by atoms with Crippen molar-refractivity contribution in [2.75, 3.05) is 20.2 Å². The third-order valence-electron chi connectivity index (χ3n) is 5.39. The molecular weight excluding hydrogens is 388 g/mol. The van der Waals surface area contributed by atoms with Gasteiger partial charge < -0.3 is 10.1 Å². The van der Waals surface area contributed by atoms with Crippen molar-refractivity contribution >= 4 is 15.9 Å². The highest BCUT2D eigenvalue weighted by Crippen LogP contribution is 2.26. The number of methoxy groups -OCH3 is 1. The van der Waals surface area contributed by atoms with Crippen LogP contribution in [0.4, 0.5) is 0 Å². The van der Waals surface area contributed by atoms with E-state index in [9.17, 15) is 13.2 Å². The Morgan fingerprint density at radius 3 is 2.41 bits per heavy atom. The number of benzene rings is 2. The predicted molar refractivity (Wildman–Crippen MR) is 112 cm³/mol. The average Bonchev–Trinajstić information content (AvgIpc) is 2.74. The van der Waals surface area contributed by atoms with Crippen LogP contribution in [0.3, 0.4) is 0 Å². The second-order valence-corrected chi connectivity index (χ2v) is 9.46. The minimum atomic E-state index is -3.64. The smallest absolute Gasteiger partial charge is 0.243 e. The number of nitrogens with one attached hydrogen (secondary N) is 1. The fraction of sp³-hybridized carbons (Fsp3) is 0.409. The molecule has 0 bridgehead atoms. The van der Waals surface area contributed by atoms with E-state index in [4.69, 9.17) is 4.74 Å². The molecule has 1 N–H and O–H groups in total. The Morgan fingerprint density at radius 1 is 1.14 bits per heavy atom. The molecule has 1 heterocycles. The van der Waals surface area contributed by atoms with Crippen LogP contribution in [0.25, 0.3) is 0 Å². The normalized spacial score (nSPS) is 18.8. The summed E-state index contributed by atoms with van der Waals surface area (Å²) in [6.45, 7) is 4.58. The van der Waals surface area contributed by atoms with Crippen molar-refractivity contribution in [2.45, 2.75) is 37.6 Å². The maximum absolute atomic E-state index is 13.0. The molecule has 2 aromatic rings. The van der Waals surface area contributed by atoms with Crippen molar-refractivity contribution in [3.8, 4) is 5.75 Å². The highest BCUT2D eigenvalue weighted by atomic mass is 32.2. The molecule has 29 heavy (non-hydrogen) atoms. The largest absolute Gasteiger partial charge is 0.497 e. The first kappa shape index (κ1) is 21.3. The molecule has 156 valence electrons. The number of amides is 1. The molecule has 6 nitrogen and oxygen atoms in total. The third-order valence-corrected chi connectivity index (χ3v) is 7.27. The van der Waals surface area contributed by atoms with Crippen LogP contribution < -0.4 is 10.1 Å². The van der Waals surface area contributed by atoms with Gasteiger partial charge in [0, 0.05) is 13.1 Å². The van der Waals surface area contributed by atoms with Crippen molar-refractivity contribution in [3.63, 3.8) is 0 Å². The molecule has 2 atom stereocenters. The van der Waals surface area contributed by atoms with Gasteiger partial charge in [0.05, 0.1) is 24.0 Å². The molecule has 1 fully saturated rings. The predicted octanol–water partition coefficient (Wildman–Crippen LogP) is 3.28. The van der Waals surface area contributed by atoms with Crippen LogP contribution in [0.5, 0.6) is 5.75 Å². The number of hydrogen-bond acceptors (Lipinski definition) is 4. The number of carbonyl (C=O) groups is 1. The van der Waals surface area contributed by atoms with E-state index in [0.717, 1.165) is 5.56 Å². The first-order valence-electron chi connectivity index (χ1n) is 9.82. The monoisotopic (exact) mass is 416 g/mol. The molecule has 1 aliphatic heterocycles. The summed E-state index contributed by atoms with van der Waals surface area (Å²) < 4.78 is 32.5. The number of sulfonamides is 1. The van der Waals surface area contributed by atoms with E-state index in [2.05, 4.69) is 5.32 Å². The summed E-state index contributed by atoms with van der Waals surface area (Å²) in [6, 6.07) is 14.2. The molecule has 3 rings (SSSR count). The van der Waals surface area contributed by atoms with Crippen molar-refractivity contribution < 1.29 is 17.9 Å². The Labute approximate surface area is 172 Å². The molecule has 0 aliphatic carbocycles. The summed E-state index contributed by atoms with van der Waals surface area (Å²) in [5.74, 6) is 0.141. The fourth-order valence-electron chi connectivity index (χ4n) is 3.54. The van der Waals surface area contributed by atoms with Crippen LogP contribution in [-0.2, 0) is 14.8 Å². The molecule has 1 saturated heterocycles. The number of hydrogen-bond donors (Lipinski definition) is 1. The lowest BCUT2D eigenvalue weighted by Gasteiger charge is -2.32. The summed E-state index contributed by atoms with van der Waals surface area (Å²) in [5, 5.41) is 3.04. The van der Waals surface area contributed by atoms with Crippen LogP contribution in [-0.4, -0.2) is 38.8 Å². The van der Waals surface area contributed by atoms with Crippen LogP contribution in [0.2, 0.25) is 0 Å². The second-order valence-electron chi connectivity index (χ2n) is 7.52. The lowest BCUT2D eigenvalue weighted by atomic mass is 9.97. The maximum Gasteiger partial charge on any atom is 0.243 e. The topological polar surface area (TPSA) is 75.7 Å². The van der Waals surface area contributed by atoms with E-state index in [1.807, 2.05) is 38.1 Å². The number of aryl methyl sites for hydroxylation is 1. The fourth-order valence-corrected chi connectivity index (χ4v) is 5.07. The quantitative estimate of drug-likeness (QED) is 0.784. The minimum Gasteiger partial charge on any atom is -0.497 e. The minimum absolute atomic E-state index is 0.104. The lowest BCUT2D eigenvalue weighted by molar-refractivity contribution is -0.126. The molecule has 0 radical (unpaired) electrons. The van der Waals surface area contributed by atoms with Gasteiger partial charge in [-0.3, -0.25) is 4.79 Å². The standard InChI is InChI=1S/C22H28N2O4S/c1-16-6-8-18(9-7-16)17(2)23-22(25)19-5-4-14-24(15-19)29(26,27)21-12-10-20(28-3)11-13-21/h6-13,17,19H,4-5,14-15H2,1-3H3,(H,23,25). The molecule has 2 aromatic carbocycles. The summed E-state index contributed by atoms with van der Waals surface area (Å²) >= 11 is 0. The Morgan fingerprint density at radius 2 is 1.79 bits per heavy atom. The van der Waals surface area contributed by atoms with E-state index < -0.39 is 10.0 Å². The van der Waals surface area contributed by atoms with Gasteiger partial charge in [-0.15, -0.1) is 0 Å². The molecule has 1 amide bonds. The Kier molecular flexibility index (Phi) is 6.59. The number of piperidine rings is 1. The summed E-state index contributed by atoms with van der Waals surface area (Å²) in [7, 11) is -2.10. The van der Waals surface area contributed by atoms with E-state index in [-0.39, 0.29) is 29.3 Å². The molecule has 1 aliphatic rings. The summed E-state index contributed by atoms with van der Waals surface area (Å²) in [4.78, 5) is 13.0. The van der Waals surface area contributed by atoms with Crippen molar-refractivity contribution in [1.82, 2.24) is 9.62 Å². The lowest BCUT2D eigenvalue weighted by Crippen LogP contribution is -2.45. The van der Waals surface area contributed by atoms with Gasteiger partial charge >= 0.3 is 0 Å². The number of ether oxygens (including phenoxy) is 1. The molecule has 7 heteroatoms. The molecule has 0 saturated carbocycles. The Bertz CT molecular complexity index is 940. The van der Waals surface area contributed by atoms with Gasteiger partial charge in [-0.2, -0.15) is 4.31 Å². The summed E-state index contributed by atoms with van der Waals surface area (Å²) in [6.07, 6.45) is 1.34. The van der Waals surface area contributed by atoms with Gasteiger partial charge in [-0.05, 0) is 56.5 Å². The third kappa shape index (κ3) is 4.97. The van der Waals surface area contributed by atoms with E-state index in [1.54, 1.807) is 12.1 Å². The van der Waals surface area contributed by atoms with Gasteiger partial charge in [0.15, 0.2) is 0 Å². The van der Waals surface area contributed by atoms with Crippen LogP contribution >= 0.6 is 0 Å². The van der Waals surface area contributed by atoms with Crippen LogP contribution in [0, 0.1) is 12.8 Å². The zero-order valence-corrected chi connectivity index (χ0v) is 17.9. The zero-order chi connectivity index (χ0) is 21.0. The molecule has 2 unspecified atom stereocenters. The van der Waals surface area contributed by atoms with Gasteiger partial charge in [0.2, 0.25) is 15.9 Å².